The number of hydrogen-bond acceptors (Lipinski definition) is 3. The zero-order valence-corrected chi connectivity index (χ0v) is 24.2. The Kier molecular flexibility index (Phi) is 12.9. The van der Waals surface area contributed by atoms with Crippen LogP contribution in [0.3, 0.4) is 0 Å². The highest BCUT2D eigenvalue weighted by molar-refractivity contribution is 6.26. The molecule has 0 fully saturated rings. The Balaban J connectivity index is 0.000000618. The van der Waals surface area contributed by atoms with Gasteiger partial charge in [0.2, 0.25) is 0 Å². The van der Waals surface area contributed by atoms with Crippen molar-refractivity contribution in [1.82, 2.24) is 0 Å². The molecule has 2 N–H and O–H groups in total. The van der Waals surface area contributed by atoms with Gasteiger partial charge in [-0.2, -0.15) is 0 Å². The van der Waals surface area contributed by atoms with Crippen LogP contribution in [-0.4, -0.2) is 11.6 Å². The third kappa shape index (κ3) is 9.47. The number of allylic oxidation sites excluding steroid dienone is 1. The lowest BCUT2D eigenvalue weighted by Gasteiger charge is -2.28. The van der Waals surface area contributed by atoms with Crippen molar-refractivity contribution in [3.63, 3.8) is 0 Å². The molecule has 0 atom stereocenters. The smallest absolute Gasteiger partial charge is 0.196 e. The van der Waals surface area contributed by atoms with E-state index >= 15 is 0 Å². The van der Waals surface area contributed by atoms with Gasteiger partial charge in [-0.1, -0.05) is 113 Å². The molecule has 0 bridgehead atoms. The number of ketones is 2. The lowest BCUT2D eigenvalue weighted by Crippen LogP contribution is -2.19. The first kappa shape index (κ1) is 32.3. The summed E-state index contributed by atoms with van der Waals surface area (Å²) in [6, 6.07) is 11.8. The summed E-state index contributed by atoms with van der Waals surface area (Å²) < 4.78 is 0. The highest BCUT2D eigenvalue weighted by Crippen LogP contribution is 2.34. The van der Waals surface area contributed by atoms with Crippen molar-refractivity contribution in [2.75, 3.05) is 5.73 Å². The largest absolute Gasteiger partial charge is 0.398 e. The van der Waals surface area contributed by atoms with E-state index in [0.29, 0.717) is 12.0 Å². The molecule has 194 valence electrons. The number of nitrogens with two attached hydrogens (primary N) is 1. The minimum Gasteiger partial charge on any atom is -0.398 e. The van der Waals surface area contributed by atoms with Crippen LogP contribution in [0.2, 0.25) is 0 Å². The number of anilines is 1. The van der Waals surface area contributed by atoms with Crippen molar-refractivity contribution < 1.29 is 9.59 Å². The van der Waals surface area contributed by atoms with Crippen LogP contribution in [0.4, 0.5) is 5.69 Å². The molecule has 0 unspecified atom stereocenters. The highest BCUT2D eigenvalue weighted by Gasteiger charge is 2.23. The van der Waals surface area contributed by atoms with Crippen LogP contribution in [0.25, 0.3) is 0 Å². The molecule has 2 aromatic rings. The number of nitrogen functional groups attached to an aromatic ring is 1. The van der Waals surface area contributed by atoms with E-state index in [0.717, 1.165) is 24.1 Å². The van der Waals surface area contributed by atoms with E-state index in [9.17, 15) is 9.59 Å². The van der Waals surface area contributed by atoms with Gasteiger partial charge >= 0.3 is 0 Å². The Morgan fingerprint density at radius 2 is 1.40 bits per heavy atom. The molecule has 2 aromatic carbocycles. The SMILES string of the molecule is C=C(C(=O)CC)C(=O)c1ccccc1CCC.CC.Cc1cc(N)c(C(C)(C)C)cc1C(C)(C)C. The summed E-state index contributed by atoms with van der Waals surface area (Å²) in [4.78, 5) is 23.6. The van der Waals surface area contributed by atoms with Crippen molar-refractivity contribution >= 4 is 17.3 Å². The number of rotatable bonds is 6. The predicted octanol–water partition coefficient (Wildman–Crippen LogP) is 8.56. The van der Waals surface area contributed by atoms with Crippen molar-refractivity contribution in [2.45, 2.75) is 106 Å². The summed E-state index contributed by atoms with van der Waals surface area (Å²) >= 11 is 0. The number of hydrogen-bond donors (Lipinski definition) is 1. The fourth-order valence-corrected chi connectivity index (χ4v) is 3.92. The second-order valence-electron chi connectivity index (χ2n) is 10.7. The molecule has 0 aromatic heterocycles. The maximum Gasteiger partial charge on any atom is 0.196 e. The van der Waals surface area contributed by atoms with E-state index in [4.69, 9.17) is 5.73 Å². The summed E-state index contributed by atoms with van der Waals surface area (Å²) in [5.41, 5.74) is 13.0. The molecule has 0 amide bonds. The van der Waals surface area contributed by atoms with Crippen LogP contribution in [0.15, 0.2) is 48.6 Å². The summed E-state index contributed by atoms with van der Waals surface area (Å²) in [6.07, 6.45) is 2.13. The molecular weight excluding hydrogens is 430 g/mol. The van der Waals surface area contributed by atoms with Gasteiger partial charge in [-0.25, -0.2) is 0 Å². The van der Waals surface area contributed by atoms with Crippen molar-refractivity contribution in [3.8, 4) is 0 Å². The maximum absolute atomic E-state index is 12.1. The minimum atomic E-state index is -0.235. The fraction of sp³-hybridized carbons (Fsp3) is 0.500. The van der Waals surface area contributed by atoms with Crippen LogP contribution < -0.4 is 5.73 Å². The molecule has 3 nitrogen and oxygen atoms in total. The van der Waals surface area contributed by atoms with Crippen molar-refractivity contribution in [1.29, 1.82) is 0 Å². The predicted molar refractivity (Wildman–Crippen MR) is 154 cm³/mol. The molecule has 0 spiro atoms. The van der Waals surface area contributed by atoms with Crippen LogP contribution in [0, 0.1) is 6.92 Å². The van der Waals surface area contributed by atoms with E-state index < -0.39 is 0 Å². The molecule has 0 aliphatic rings. The Morgan fingerprint density at radius 3 is 1.86 bits per heavy atom. The summed E-state index contributed by atoms with van der Waals surface area (Å²) in [6.45, 7) is 26.9. The monoisotopic (exact) mass is 479 g/mol. The van der Waals surface area contributed by atoms with Gasteiger partial charge in [-0.05, 0) is 52.5 Å². The summed E-state index contributed by atoms with van der Waals surface area (Å²) in [5, 5.41) is 0. The van der Waals surface area contributed by atoms with Crippen molar-refractivity contribution in [3.05, 3.63) is 76.4 Å². The third-order valence-electron chi connectivity index (χ3n) is 5.73. The summed E-state index contributed by atoms with van der Waals surface area (Å²) in [7, 11) is 0. The second-order valence-corrected chi connectivity index (χ2v) is 10.7. The Bertz CT molecular complexity index is 966. The lowest BCUT2D eigenvalue weighted by atomic mass is 9.78. The van der Waals surface area contributed by atoms with Gasteiger partial charge in [0.05, 0.1) is 5.57 Å². The van der Waals surface area contributed by atoms with Gasteiger partial charge in [0, 0.05) is 17.7 Å². The second kappa shape index (κ2) is 14.0. The van der Waals surface area contributed by atoms with Gasteiger partial charge in [-0.15, -0.1) is 0 Å². The lowest BCUT2D eigenvalue weighted by molar-refractivity contribution is -0.114. The molecular formula is C32H49NO2. The Labute approximate surface area is 215 Å². The molecule has 0 saturated carbocycles. The van der Waals surface area contributed by atoms with Gasteiger partial charge in [-0.3, -0.25) is 9.59 Å². The molecule has 0 aliphatic heterocycles. The van der Waals surface area contributed by atoms with Crippen molar-refractivity contribution in [2.24, 2.45) is 0 Å². The number of benzene rings is 2. The number of carbonyl (C=O) groups excluding carboxylic acids is 2. The van der Waals surface area contributed by atoms with Crippen LogP contribution in [0.1, 0.15) is 115 Å². The Morgan fingerprint density at radius 1 is 0.886 bits per heavy atom. The standard InChI is InChI=1S/C15H25N.C15H18O2.C2H6/c1-10-8-13(16)12(15(5,6)7)9-11(10)14(2,3)4;1-4-8-12-9-6-7-10-13(12)15(17)11(3)14(16)5-2;1-2/h8-9H,16H2,1-7H3;6-7,9-10H,3-5,8H2,1-2H3;1-2H3. The minimum absolute atomic E-state index is 0.0936. The van der Waals surface area contributed by atoms with E-state index in [-0.39, 0.29) is 28.0 Å². The summed E-state index contributed by atoms with van der Waals surface area (Å²) in [5.74, 6) is -0.415. The third-order valence-corrected chi connectivity index (χ3v) is 5.73. The first-order valence-corrected chi connectivity index (χ1v) is 12.9. The first-order valence-electron chi connectivity index (χ1n) is 12.9. The fourth-order valence-electron chi connectivity index (χ4n) is 3.92. The normalized spacial score (nSPS) is 10.9. The van der Waals surface area contributed by atoms with E-state index in [2.05, 4.69) is 74.1 Å². The topological polar surface area (TPSA) is 60.2 Å². The molecule has 3 heteroatoms. The van der Waals surface area contributed by atoms with Gasteiger partial charge in [0.25, 0.3) is 0 Å². The van der Waals surface area contributed by atoms with E-state index in [1.54, 1.807) is 13.0 Å². The molecule has 0 heterocycles. The maximum atomic E-state index is 12.1. The number of aryl methyl sites for hydroxylation is 2. The van der Waals surface area contributed by atoms with Crippen LogP contribution in [-0.2, 0) is 22.0 Å². The Hall–Kier alpha value is -2.68. The quantitative estimate of drug-likeness (QED) is 0.148. The zero-order valence-electron chi connectivity index (χ0n) is 24.2. The molecule has 0 aliphatic carbocycles. The zero-order chi connectivity index (χ0) is 27.6. The average Bonchev–Trinajstić information content (AvgIpc) is 2.78. The molecule has 2 rings (SSSR count). The molecule has 0 radical (unpaired) electrons. The average molecular weight is 480 g/mol. The number of Topliss-reactive ketones (excluding diaryl/α,β-unsaturated/α-hetero) is 2. The van der Waals surface area contributed by atoms with Gasteiger partial charge in [0.15, 0.2) is 11.6 Å². The molecule has 35 heavy (non-hydrogen) atoms. The van der Waals surface area contributed by atoms with E-state index in [1.807, 2.05) is 32.0 Å². The van der Waals surface area contributed by atoms with Gasteiger partial charge < -0.3 is 5.73 Å². The number of carbonyl (C=O) groups is 2. The first-order chi connectivity index (χ1) is 16.1. The van der Waals surface area contributed by atoms with Gasteiger partial charge in [0.1, 0.15) is 0 Å². The van der Waals surface area contributed by atoms with E-state index in [1.165, 1.54) is 16.7 Å². The molecule has 0 saturated heterocycles. The van der Waals surface area contributed by atoms with Crippen LogP contribution >= 0.6 is 0 Å². The van der Waals surface area contributed by atoms with Crippen LogP contribution in [0.5, 0.6) is 0 Å². The highest BCUT2D eigenvalue weighted by atomic mass is 16.1.